The van der Waals surface area contributed by atoms with Crippen molar-refractivity contribution in [1.29, 1.82) is 0 Å². The summed E-state index contributed by atoms with van der Waals surface area (Å²) in [6.45, 7) is 8.36. The van der Waals surface area contributed by atoms with Crippen molar-refractivity contribution in [3.8, 4) is 0 Å². The maximum absolute atomic E-state index is 10.2. The highest BCUT2D eigenvalue weighted by atomic mass is 16.3. The predicted molar refractivity (Wildman–Crippen MR) is 74.9 cm³/mol. The Labute approximate surface area is 109 Å². The Morgan fingerprint density at radius 1 is 1.33 bits per heavy atom. The summed E-state index contributed by atoms with van der Waals surface area (Å²) >= 11 is 0. The molecule has 1 atom stereocenters. The summed E-state index contributed by atoms with van der Waals surface area (Å²) in [5.41, 5.74) is -0.729. The number of rotatable bonds is 6. The van der Waals surface area contributed by atoms with Crippen LogP contribution in [0.4, 0.5) is 11.6 Å². The summed E-state index contributed by atoms with van der Waals surface area (Å²) in [5.74, 6) is 2.67. The van der Waals surface area contributed by atoms with Gasteiger partial charge in [-0.05, 0) is 26.2 Å². The molecule has 1 aromatic heterocycles. The van der Waals surface area contributed by atoms with Crippen molar-refractivity contribution in [1.82, 2.24) is 9.97 Å². The summed E-state index contributed by atoms with van der Waals surface area (Å²) in [7, 11) is 1.82. The monoisotopic (exact) mass is 252 g/mol. The normalized spacial score (nSPS) is 14.4. The molecular formula is C13H24N4O. The van der Waals surface area contributed by atoms with E-state index in [9.17, 15) is 5.11 Å². The predicted octanol–water partition coefficient (Wildman–Crippen LogP) is 2.04. The summed E-state index contributed by atoms with van der Waals surface area (Å²) in [6.07, 6.45) is 0.753. The van der Waals surface area contributed by atoms with Gasteiger partial charge >= 0.3 is 0 Å². The lowest BCUT2D eigenvalue weighted by Gasteiger charge is -2.25. The molecular weight excluding hydrogens is 228 g/mol. The number of hydrogen-bond donors (Lipinski definition) is 3. The van der Waals surface area contributed by atoms with Gasteiger partial charge in [-0.15, -0.1) is 0 Å². The van der Waals surface area contributed by atoms with Crippen LogP contribution in [-0.4, -0.2) is 34.3 Å². The second kappa shape index (κ2) is 6.00. The average molecular weight is 252 g/mol. The van der Waals surface area contributed by atoms with Gasteiger partial charge in [0.15, 0.2) is 0 Å². The zero-order valence-corrected chi connectivity index (χ0v) is 11.9. The van der Waals surface area contributed by atoms with Gasteiger partial charge in [-0.3, -0.25) is 0 Å². The number of aryl methyl sites for hydroxylation is 1. The molecule has 0 aromatic carbocycles. The summed E-state index contributed by atoms with van der Waals surface area (Å²) in [4.78, 5) is 8.51. The minimum Gasteiger partial charge on any atom is -0.388 e. The van der Waals surface area contributed by atoms with Crippen LogP contribution in [0.3, 0.4) is 0 Å². The van der Waals surface area contributed by atoms with Gasteiger partial charge in [0.2, 0.25) is 0 Å². The highest BCUT2D eigenvalue weighted by molar-refractivity contribution is 5.47. The minimum atomic E-state index is -0.729. The molecule has 0 bridgehead atoms. The molecule has 1 heterocycles. The Balaban J connectivity index is 2.65. The third-order valence-corrected chi connectivity index (χ3v) is 2.59. The number of nitrogens with zero attached hydrogens (tertiary/aromatic N) is 2. The van der Waals surface area contributed by atoms with Crippen LogP contribution >= 0.6 is 0 Å². The third-order valence-electron chi connectivity index (χ3n) is 2.59. The summed E-state index contributed by atoms with van der Waals surface area (Å²) in [5, 5.41) is 16.4. The van der Waals surface area contributed by atoms with Crippen molar-refractivity contribution in [3.05, 3.63) is 11.9 Å². The lowest BCUT2D eigenvalue weighted by molar-refractivity contribution is 0.0514. The Morgan fingerprint density at radius 2 is 1.94 bits per heavy atom. The van der Waals surface area contributed by atoms with Crippen molar-refractivity contribution >= 4 is 11.6 Å². The lowest BCUT2D eigenvalue weighted by Crippen LogP contribution is -2.35. The fraction of sp³-hybridized carbons (Fsp3) is 0.692. The van der Waals surface area contributed by atoms with E-state index >= 15 is 0 Å². The van der Waals surface area contributed by atoms with E-state index in [1.807, 2.05) is 27.0 Å². The zero-order chi connectivity index (χ0) is 13.8. The highest BCUT2D eigenvalue weighted by Crippen LogP contribution is 2.18. The van der Waals surface area contributed by atoms with Crippen molar-refractivity contribution in [3.63, 3.8) is 0 Å². The average Bonchev–Trinajstić information content (AvgIpc) is 2.24. The molecule has 0 saturated heterocycles. The van der Waals surface area contributed by atoms with Crippen LogP contribution in [0.1, 0.15) is 33.0 Å². The van der Waals surface area contributed by atoms with Gasteiger partial charge in [0.25, 0.3) is 0 Å². The SMILES string of the molecule is CNc1cc(NCC(C)(O)CC(C)C)nc(C)n1. The van der Waals surface area contributed by atoms with E-state index in [2.05, 4.69) is 34.4 Å². The molecule has 0 amide bonds. The van der Waals surface area contributed by atoms with E-state index in [4.69, 9.17) is 0 Å². The number of nitrogens with one attached hydrogen (secondary N) is 2. The molecule has 0 fully saturated rings. The molecule has 18 heavy (non-hydrogen) atoms. The largest absolute Gasteiger partial charge is 0.388 e. The van der Waals surface area contributed by atoms with E-state index in [0.29, 0.717) is 18.3 Å². The van der Waals surface area contributed by atoms with Crippen LogP contribution in [0, 0.1) is 12.8 Å². The highest BCUT2D eigenvalue weighted by Gasteiger charge is 2.21. The standard InChI is InChI=1S/C13H24N4O/c1-9(2)7-13(4,18)8-15-12-6-11(14-5)16-10(3)17-12/h6,9,18H,7-8H2,1-5H3,(H2,14,15,16,17). The fourth-order valence-corrected chi connectivity index (χ4v) is 2.02. The molecule has 1 aromatic rings. The summed E-state index contributed by atoms with van der Waals surface area (Å²) in [6, 6.07) is 1.83. The van der Waals surface area contributed by atoms with E-state index < -0.39 is 5.60 Å². The van der Waals surface area contributed by atoms with Crippen molar-refractivity contribution in [2.45, 2.75) is 39.7 Å². The molecule has 0 saturated carbocycles. The first-order chi connectivity index (χ1) is 8.32. The van der Waals surface area contributed by atoms with Gasteiger partial charge in [0, 0.05) is 19.7 Å². The van der Waals surface area contributed by atoms with E-state index in [-0.39, 0.29) is 0 Å². The first-order valence-corrected chi connectivity index (χ1v) is 6.32. The first kappa shape index (κ1) is 14.7. The van der Waals surface area contributed by atoms with Crippen LogP contribution < -0.4 is 10.6 Å². The van der Waals surface area contributed by atoms with Gasteiger partial charge in [0.05, 0.1) is 5.60 Å². The van der Waals surface area contributed by atoms with Crippen molar-refractivity contribution in [2.24, 2.45) is 5.92 Å². The smallest absolute Gasteiger partial charge is 0.131 e. The van der Waals surface area contributed by atoms with Crippen LogP contribution in [0.2, 0.25) is 0 Å². The number of hydrogen-bond acceptors (Lipinski definition) is 5. The second-order valence-corrected chi connectivity index (χ2v) is 5.38. The van der Waals surface area contributed by atoms with Crippen LogP contribution in [0.15, 0.2) is 6.07 Å². The number of aromatic nitrogens is 2. The minimum absolute atomic E-state index is 0.460. The molecule has 0 spiro atoms. The summed E-state index contributed by atoms with van der Waals surface area (Å²) < 4.78 is 0. The molecule has 0 aliphatic heterocycles. The molecule has 5 nitrogen and oxygen atoms in total. The van der Waals surface area contributed by atoms with Gasteiger partial charge in [-0.2, -0.15) is 0 Å². The van der Waals surface area contributed by atoms with Crippen molar-refractivity contribution < 1.29 is 5.11 Å². The zero-order valence-electron chi connectivity index (χ0n) is 11.9. The molecule has 102 valence electrons. The van der Waals surface area contributed by atoms with Gasteiger partial charge in [-0.1, -0.05) is 13.8 Å². The lowest BCUT2D eigenvalue weighted by atomic mass is 9.94. The Hall–Kier alpha value is -1.36. The van der Waals surface area contributed by atoms with Crippen molar-refractivity contribution in [2.75, 3.05) is 24.2 Å². The number of anilines is 2. The molecule has 0 aliphatic rings. The van der Waals surface area contributed by atoms with Gasteiger partial charge in [0.1, 0.15) is 17.5 Å². The Bertz CT molecular complexity index is 391. The second-order valence-electron chi connectivity index (χ2n) is 5.38. The first-order valence-electron chi connectivity index (χ1n) is 6.32. The topological polar surface area (TPSA) is 70.1 Å². The maximum Gasteiger partial charge on any atom is 0.131 e. The third kappa shape index (κ3) is 4.87. The maximum atomic E-state index is 10.2. The molecule has 1 unspecified atom stereocenters. The molecule has 5 heteroatoms. The molecule has 3 N–H and O–H groups in total. The van der Waals surface area contributed by atoms with E-state index in [0.717, 1.165) is 18.1 Å². The van der Waals surface area contributed by atoms with Crippen LogP contribution in [0.5, 0.6) is 0 Å². The van der Waals surface area contributed by atoms with Gasteiger partial charge < -0.3 is 15.7 Å². The quantitative estimate of drug-likeness (QED) is 0.722. The van der Waals surface area contributed by atoms with Crippen LogP contribution in [-0.2, 0) is 0 Å². The molecule has 1 rings (SSSR count). The van der Waals surface area contributed by atoms with Gasteiger partial charge in [-0.25, -0.2) is 9.97 Å². The van der Waals surface area contributed by atoms with E-state index in [1.54, 1.807) is 0 Å². The molecule has 0 aliphatic carbocycles. The fourth-order valence-electron chi connectivity index (χ4n) is 2.02. The van der Waals surface area contributed by atoms with Crippen LogP contribution in [0.25, 0.3) is 0 Å². The van der Waals surface area contributed by atoms with E-state index in [1.165, 1.54) is 0 Å². The Kier molecular flexibility index (Phi) is 4.90. The Morgan fingerprint density at radius 3 is 2.50 bits per heavy atom. The number of aliphatic hydroxyl groups is 1. The molecule has 0 radical (unpaired) electrons.